The highest BCUT2D eigenvalue weighted by atomic mass is 19.1. The van der Waals surface area contributed by atoms with Gasteiger partial charge in [-0.05, 0) is 46.8 Å². The number of amides is 1. The van der Waals surface area contributed by atoms with E-state index in [9.17, 15) is 9.18 Å². The third-order valence-electron chi connectivity index (χ3n) is 7.65. The maximum atomic E-state index is 13.0. The molecule has 6 aliphatic carbocycles. The molecule has 18 heavy (non-hydrogen) atoms. The molecule has 7 aliphatic rings. The molecular weight excluding hydrogens is 231 g/mol. The molecule has 0 aromatic rings. The smallest absolute Gasteiger partial charge is 0.237 e. The molecule has 0 aromatic carbocycles. The lowest BCUT2D eigenvalue weighted by Crippen LogP contribution is -3.06. The number of hydrogen-bond acceptors (Lipinski definition) is 2. The van der Waals surface area contributed by atoms with Crippen LogP contribution in [0.4, 0.5) is 4.39 Å². The molecule has 7 rings (SSSR count). The summed E-state index contributed by atoms with van der Waals surface area (Å²) < 4.78 is 13.0. The number of alkyl halides is 1. The molecule has 1 aliphatic heterocycles. The standard InChI is InChI=1S/C14H17FN2O/c15-4-1-5(16-2-4)13(18)17-3-14-10-7-6-8(10)12(14)9(6)11(7)14/h4-12,16H,1-3H2,(H,17,18)/t4-,5+,6?,7?,8?,9?,10?,11?,12?,14?/m1/s1. The largest absolute Gasteiger partial charge is 0.354 e. The van der Waals surface area contributed by atoms with Crippen LogP contribution in [0.15, 0.2) is 0 Å². The second-order valence-corrected chi connectivity index (χ2v) is 7.51. The van der Waals surface area contributed by atoms with E-state index in [-0.39, 0.29) is 11.9 Å². The first-order valence-corrected chi connectivity index (χ1v) is 7.40. The molecule has 0 spiro atoms. The Kier molecular flexibility index (Phi) is 1.22. The zero-order valence-electron chi connectivity index (χ0n) is 10.1. The van der Waals surface area contributed by atoms with Crippen LogP contribution in [-0.2, 0) is 4.79 Å². The average molecular weight is 248 g/mol. The van der Waals surface area contributed by atoms with Gasteiger partial charge in [-0.2, -0.15) is 0 Å². The van der Waals surface area contributed by atoms with Gasteiger partial charge in [-0.1, -0.05) is 0 Å². The highest BCUT2D eigenvalue weighted by molar-refractivity contribution is 5.82. The van der Waals surface area contributed by atoms with Crippen molar-refractivity contribution >= 4 is 5.91 Å². The minimum absolute atomic E-state index is 0.0313. The molecule has 6 saturated carbocycles. The minimum Gasteiger partial charge on any atom is -0.354 e. The first-order valence-electron chi connectivity index (χ1n) is 7.40. The van der Waals surface area contributed by atoms with Gasteiger partial charge < -0.3 is 10.6 Å². The van der Waals surface area contributed by atoms with Crippen molar-refractivity contribution in [2.75, 3.05) is 13.1 Å². The third-order valence-corrected chi connectivity index (χ3v) is 7.65. The Labute approximate surface area is 105 Å². The first kappa shape index (κ1) is 9.29. The normalized spacial score (nSPS) is 71.1. The molecule has 0 unspecified atom stereocenters. The summed E-state index contributed by atoms with van der Waals surface area (Å²) in [5, 5.41) is 6.08. The van der Waals surface area contributed by atoms with Gasteiger partial charge in [0, 0.05) is 19.5 Å². The van der Waals surface area contributed by atoms with Crippen LogP contribution in [0.2, 0.25) is 0 Å². The molecule has 0 bridgehead atoms. The monoisotopic (exact) mass is 248 g/mol. The lowest BCUT2D eigenvalue weighted by Gasteiger charge is -3.08. The number of hydrogen-bond donors (Lipinski definition) is 2. The van der Waals surface area contributed by atoms with Crippen molar-refractivity contribution in [2.24, 2.45) is 46.8 Å². The van der Waals surface area contributed by atoms with Crippen molar-refractivity contribution in [3.63, 3.8) is 0 Å². The van der Waals surface area contributed by atoms with Crippen molar-refractivity contribution in [2.45, 2.75) is 18.6 Å². The van der Waals surface area contributed by atoms with E-state index in [1.54, 1.807) is 0 Å². The van der Waals surface area contributed by atoms with E-state index >= 15 is 0 Å². The van der Waals surface area contributed by atoms with Crippen LogP contribution < -0.4 is 10.6 Å². The molecule has 1 amide bonds. The number of nitrogens with one attached hydrogen (secondary N) is 2. The Morgan fingerprint density at radius 1 is 1.22 bits per heavy atom. The van der Waals surface area contributed by atoms with Gasteiger partial charge in [0.05, 0.1) is 6.04 Å². The fourth-order valence-corrected chi connectivity index (χ4v) is 7.28. The van der Waals surface area contributed by atoms with Gasteiger partial charge in [0.2, 0.25) is 5.91 Å². The van der Waals surface area contributed by atoms with Gasteiger partial charge in [-0.15, -0.1) is 0 Å². The summed E-state index contributed by atoms with van der Waals surface area (Å²) in [6.45, 7) is 1.22. The Balaban J connectivity index is 1.13. The molecule has 2 N–H and O–H groups in total. The SMILES string of the molecule is O=C(NCC12C3C4C5C3C1C5C42)[C@@H]1C[C@@H](F)CN1. The molecule has 1 saturated heterocycles. The Morgan fingerprint density at radius 2 is 1.89 bits per heavy atom. The quantitative estimate of drug-likeness (QED) is 0.747. The van der Waals surface area contributed by atoms with Crippen LogP contribution >= 0.6 is 0 Å². The highest BCUT2D eigenvalue weighted by Gasteiger charge is 3.03. The minimum atomic E-state index is -0.843. The summed E-state index contributed by atoms with van der Waals surface area (Å²) in [5.41, 5.74) is 0.540. The van der Waals surface area contributed by atoms with E-state index in [1.807, 2.05) is 0 Å². The molecule has 7 fully saturated rings. The molecular formula is C14H17FN2O. The summed E-state index contributed by atoms with van der Waals surface area (Å²) in [6.07, 6.45) is -0.491. The zero-order chi connectivity index (χ0) is 11.8. The van der Waals surface area contributed by atoms with E-state index in [0.717, 1.165) is 48.0 Å². The van der Waals surface area contributed by atoms with Crippen molar-refractivity contribution in [3.05, 3.63) is 0 Å². The molecule has 96 valence electrons. The van der Waals surface area contributed by atoms with Crippen molar-refractivity contribution < 1.29 is 9.18 Å². The molecule has 1 heterocycles. The van der Waals surface area contributed by atoms with E-state index in [4.69, 9.17) is 0 Å². The van der Waals surface area contributed by atoms with E-state index < -0.39 is 6.17 Å². The van der Waals surface area contributed by atoms with E-state index in [1.165, 1.54) is 0 Å². The maximum absolute atomic E-state index is 13.0. The number of carbonyl (C=O) groups is 1. The average Bonchev–Trinajstić information content (AvgIpc) is 2.83. The predicted molar refractivity (Wildman–Crippen MR) is 61.2 cm³/mol. The summed E-state index contributed by atoms with van der Waals surface area (Å²) in [5.74, 6) is 7.31. The fourth-order valence-electron chi connectivity index (χ4n) is 7.28. The lowest BCUT2D eigenvalue weighted by molar-refractivity contribution is -0.612. The second-order valence-electron chi connectivity index (χ2n) is 7.51. The van der Waals surface area contributed by atoms with Crippen molar-refractivity contribution in [3.8, 4) is 0 Å². The van der Waals surface area contributed by atoms with Crippen LogP contribution in [-0.4, -0.2) is 31.2 Å². The summed E-state index contributed by atoms with van der Waals surface area (Å²) >= 11 is 0. The van der Waals surface area contributed by atoms with Crippen LogP contribution in [0, 0.1) is 46.8 Å². The zero-order valence-corrected chi connectivity index (χ0v) is 10.1. The Bertz CT molecular complexity index is 441. The van der Waals surface area contributed by atoms with Gasteiger partial charge in [0.1, 0.15) is 6.17 Å². The van der Waals surface area contributed by atoms with Crippen molar-refractivity contribution in [1.82, 2.24) is 10.6 Å². The van der Waals surface area contributed by atoms with Gasteiger partial charge in [-0.25, -0.2) is 4.39 Å². The van der Waals surface area contributed by atoms with E-state index in [0.29, 0.717) is 18.4 Å². The topological polar surface area (TPSA) is 41.1 Å². The highest BCUT2D eigenvalue weighted by Crippen LogP contribution is 3.05. The van der Waals surface area contributed by atoms with Crippen LogP contribution in [0.5, 0.6) is 0 Å². The second kappa shape index (κ2) is 2.37. The first-order chi connectivity index (χ1) is 8.75. The molecule has 0 radical (unpaired) electrons. The molecule has 4 heteroatoms. The van der Waals surface area contributed by atoms with Gasteiger partial charge >= 0.3 is 0 Å². The van der Waals surface area contributed by atoms with Gasteiger partial charge in [-0.3, -0.25) is 4.79 Å². The number of rotatable bonds is 3. The molecule has 0 aromatic heterocycles. The predicted octanol–water partition coefficient (Wildman–Crippen LogP) is 0.170. The van der Waals surface area contributed by atoms with Gasteiger partial charge in [0.25, 0.3) is 0 Å². The summed E-state index contributed by atoms with van der Waals surface area (Å²) in [4.78, 5) is 12.0. The van der Waals surface area contributed by atoms with E-state index in [2.05, 4.69) is 10.6 Å². The molecule has 3 nitrogen and oxygen atoms in total. The Morgan fingerprint density at radius 3 is 2.44 bits per heavy atom. The van der Waals surface area contributed by atoms with Crippen LogP contribution in [0.3, 0.4) is 0 Å². The lowest BCUT2D eigenvalue weighted by atomic mass is 8.96. The molecule has 2 atom stereocenters. The maximum Gasteiger partial charge on any atom is 0.237 e. The fraction of sp³-hybridized carbons (Fsp3) is 0.929. The third kappa shape index (κ3) is 0.605. The number of carbonyl (C=O) groups excluding carboxylic acids is 1. The van der Waals surface area contributed by atoms with Crippen molar-refractivity contribution in [1.29, 1.82) is 0 Å². The van der Waals surface area contributed by atoms with Crippen LogP contribution in [0.25, 0.3) is 0 Å². The van der Waals surface area contributed by atoms with Gasteiger partial charge in [0.15, 0.2) is 0 Å². The Hall–Kier alpha value is -0.640. The summed E-state index contributed by atoms with van der Waals surface area (Å²) in [6, 6.07) is -0.285. The summed E-state index contributed by atoms with van der Waals surface area (Å²) in [7, 11) is 0. The van der Waals surface area contributed by atoms with Crippen LogP contribution in [0.1, 0.15) is 6.42 Å². The number of halogens is 1.